The number of hydrogen-bond acceptors (Lipinski definition) is 7. The van der Waals surface area contributed by atoms with Crippen molar-refractivity contribution in [1.29, 1.82) is 0 Å². The maximum absolute atomic E-state index is 8.83. The molecule has 6 nitrogen and oxygen atoms in total. The van der Waals surface area contributed by atoms with E-state index in [-0.39, 0.29) is 11.9 Å². The summed E-state index contributed by atoms with van der Waals surface area (Å²) in [6, 6.07) is 0. The second-order valence-corrected chi connectivity index (χ2v) is 4.57. The van der Waals surface area contributed by atoms with E-state index in [0.29, 0.717) is 23.0 Å². The third-order valence-electron chi connectivity index (χ3n) is 1.96. The van der Waals surface area contributed by atoms with Crippen LogP contribution in [0.1, 0.15) is 13.3 Å². The largest absolute Gasteiger partial charge is 0.490 e. The van der Waals surface area contributed by atoms with Gasteiger partial charge in [0.25, 0.3) is 0 Å². The summed E-state index contributed by atoms with van der Waals surface area (Å²) < 4.78 is 5.20. The summed E-state index contributed by atoms with van der Waals surface area (Å²) in [6.45, 7) is 2.17. The monoisotopic (exact) mass is 244 g/mol. The number of aliphatic hydroxyl groups excluding tert-OH is 1. The highest BCUT2D eigenvalue weighted by molar-refractivity contribution is 7.99. The highest BCUT2D eigenvalue weighted by atomic mass is 32.2. The lowest BCUT2D eigenvalue weighted by Crippen LogP contribution is -2.11. The van der Waals surface area contributed by atoms with Crippen molar-refractivity contribution in [1.82, 2.24) is 9.97 Å². The molecule has 1 aromatic rings. The Labute approximate surface area is 98.6 Å². The van der Waals surface area contributed by atoms with Gasteiger partial charge >= 0.3 is 0 Å². The van der Waals surface area contributed by atoms with Gasteiger partial charge in [-0.3, -0.25) is 0 Å². The molecule has 0 saturated carbocycles. The van der Waals surface area contributed by atoms with E-state index in [9.17, 15) is 0 Å². The van der Waals surface area contributed by atoms with E-state index in [2.05, 4.69) is 15.4 Å². The molecule has 0 aliphatic carbocycles. The number of aliphatic hydroxyl groups is 1. The third-order valence-corrected chi connectivity index (χ3v) is 3.11. The Bertz CT molecular complexity index is 337. The molecule has 0 spiro atoms. The number of nitrogens with zero attached hydrogens (tertiary/aromatic N) is 2. The van der Waals surface area contributed by atoms with E-state index < -0.39 is 0 Å². The molecule has 1 rings (SSSR count). The lowest BCUT2D eigenvalue weighted by Gasteiger charge is -2.13. The maximum atomic E-state index is 8.83. The SMILES string of the molecule is COc1c(NN)ncnc1SC(C)CCO. The number of anilines is 1. The zero-order valence-electron chi connectivity index (χ0n) is 9.30. The van der Waals surface area contributed by atoms with Crippen LogP contribution in [0, 0.1) is 0 Å². The molecule has 0 aromatic carbocycles. The predicted octanol–water partition coefficient (Wildman–Crippen LogP) is 0.634. The highest BCUT2D eigenvalue weighted by Crippen LogP contribution is 2.34. The molecule has 1 heterocycles. The molecule has 16 heavy (non-hydrogen) atoms. The smallest absolute Gasteiger partial charge is 0.195 e. The first-order valence-electron chi connectivity index (χ1n) is 4.86. The molecule has 0 amide bonds. The molecular formula is C9H16N4O2S. The van der Waals surface area contributed by atoms with Crippen molar-refractivity contribution in [2.45, 2.75) is 23.6 Å². The number of rotatable bonds is 6. The van der Waals surface area contributed by atoms with Gasteiger partial charge in [-0.25, -0.2) is 15.8 Å². The molecule has 0 bridgehead atoms. The van der Waals surface area contributed by atoms with Crippen molar-refractivity contribution in [3.8, 4) is 5.75 Å². The van der Waals surface area contributed by atoms with Crippen molar-refractivity contribution in [2.75, 3.05) is 19.1 Å². The van der Waals surface area contributed by atoms with Crippen LogP contribution in [0.2, 0.25) is 0 Å². The Morgan fingerprint density at radius 1 is 1.62 bits per heavy atom. The van der Waals surface area contributed by atoms with Crippen molar-refractivity contribution in [2.24, 2.45) is 5.84 Å². The van der Waals surface area contributed by atoms with Crippen LogP contribution in [0.5, 0.6) is 5.75 Å². The quantitative estimate of drug-likeness (QED) is 0.292. The molecule has 0 fully saturated rings. The zero-order valence-corrected chi connectivity index (χ0v) is 10.1. The highest BCUT2D eigenvalue weighted by Gasteiger charge is 2.14. The van der Waals surface area contributed by atoms with Crippen LogP contribution in [0.3, 0.4) is 0 Å². The number of methoxy groups -OCH3 is 1. The number of nitrogens with two attached hydrogens (primary N) is 1. The summed E-state index contributed by atoms with van der Waals surface area (Å²) in [7, 11) is 1.54. The molecule has 1 unspecified atom stereocenters. The van der Waals surface area contributed by atoms with Crippen LogP contribution in [-0.2, 0) is 0 Å². The Morgan fingerprint density at radius 2 is 2.38 bits per heavy atom. The second kappa shape index (κ2) is 6.51. The molecule has 90 valence electrons. The van der Waals surface area contributed by atoms with E-state index >= 15 is 0 Å². The molecule has 4 N–H and O–H groups in total. The van der Waals surface area contributed by atoms with E-state index in [1.54, 1.807) is 7.11 Å². The molecule has 0 aliphatic rings. The minimum Gasteiger partial charge on any atom is -0.490 e. The van der Waals surface area contributed by atoms with Gasteiger partial charge in [0.1, 0.15) is 11.4 Å². The van der Waals surface area contributed by atoms with Gasteiger partial charge in [0.2, 0.25) is 0 Å². The van der Waals surface area contributed by atoms with Crippen LogP contribution in [-0.4, -0.2) is 34.0 Å². The number of hydrogen-bond donors (Lipinski definition) is 3. The number of nitrogens with one attached hydrogen (secondary N) is 1. The van der Waals surface area contributed by atoms with Crippen LogP contribution < -0.4 is 16.0 Å². The van der Waals surface area contributed by atoms with Crippen molar-refractivity contribution >= 4 is 17.6 Å². The number of aromatic nitrogens is 2. The summed E-state index contributed by atoms with van der Waals surface area (Å²) in [5.41, 5.74) is 2.45. The molecule has 0 saturated heterocycles. The number of ether oxygens (including phenoxy) is 1. The fraction of sp³-hybridized carbons (Fsp3) is 0.556. The molecule has 0 radical (unpaired) electrons. The Kier molecular flexibility index (Phi) is 5.30. The standard InChI is InChI=1S/C9H16N4O2S/c1-6(3-4-14)16-9-7(15-2)8(13-10)11-5-12-9/h5-6,14H,3-4,10H2,1-2H3,(H,11,12,13). The summed E-state index contributed by atoms with van der Waals surface area (Å²) >= 11 is 1.52. The third kappa shape index (κ3) is 3.22. The molecule has 7 heteroatoms. The van der Waals surface area contributed by atoms with Crippen molar-refractivity contribution < 1.29 is 9.84 Å². The number of thioether (sulfide) groups is 1. The average Bonchev–Trinajstić information content (AvgIpc) is 2.29. The van der Waals surface area contributed by atoms with Crippen molar-refractivity contribution in [3.05, 3.63) is 6.33 Å². The van der Waals surface area contributed by atoms with Crippen LogP contribution in [0.4, 0.5) is 5.82 Å². The fourth-order valence-corrected chi connectivity index (χ4v) is 2.16. The molecule has 1 atom stereocenters. The zero-order chi connectivity index (χ0) is 12.0. The van der Waals surface area contributed by atoms with Crippen LogP contribution in [0.15, 0.2) is 11.4 Å². The van der Waals surface area contributed by atoms with Gasteiger partial charge in [-0.2, -0.15) is 0 Å². The molecule has 1 aromatic heterocycles. The normalized spacial score (nSPS) is 12.2. The summed E-state index contributed by atoms with van der Waals surface area (Å²) in [5, 5.41) is 9.80. The van der Waals surface area contributed by atoms with Gasteiger partial charge in [-0.1, -0.05) is 18.7 Å². The van der Waals surface area contributed by atoms with Gasteiger partial charge in [0.05, 0.1) is 7.11 Å². The van der Waals surface area contributed by atoms with E-state index in [4.69, 9.17) is 15.7 Å². The van der Waals surface area contributed by atoms with Crippen LogP contribution >= 0.6 is 11.8 Å². The molecular weight excluding hydrogens is 228 g/mol. The molecule has 0 aliphatic heterocycles. The Morgan fingerprint density at radius 3 is 2.94 bits per heavy atom. The van der Waals surface area contributed by atoms with Gasteiger partial charge in [0, 0.05) is 11.9 Å². The first kappa shape index (κ1) is 13.0. The van der Waals surface area contributed by atoms with E-state index in [1.165, 1.54) is 18.1 Å². The van der Waals surface area contributed by atoms with Gasteiger partial charge in [-0.05, 0) is 6.42 Å². The van der Waals surface area contributed by atoms with Gasteiger partial charge < -0.3 is 15.3 Å². The summed E-state index contributed by atoms with van der Waals surface area (Å²) in [6.07, 6.45) is 2.12. The average molecular weight is 244 g/mol. The Hall–Kier alpha value is -1.05. The van der Waals surface area contributed by atoms with Crippen LogP contribution in [0.25, 0.3) is 0 Å². The van der Waals surface area contributed by atoms with E-state index in [0.717, 1.165) is 0 Å². The first-order valence-corrected chi connectivity index (χ1v) is 5.74. The van der Waals surface area contributed by atoms with Crippen molar-refractivity contribution in [3.63, 3.8) is 0 Å². The topological polar surface area (TPSA) is 93.3 Å². The second-order valence-electron chi connectivity index (χ2n) is 3.15. The summed E-state index contributed by atoms with van der Waals surface area (Å²) in [5.74, 6) is 6.30. The lowest BCUT2D eigenvalue weighted by atomic mass is 10.3. The maximum Gasteiger partial charge on any atom is 0.195 e. The fourth-order valence-electron chi connectivity index (χ4n) is 1.16. The summed E-state index contributed by atoms with van der Waals surface area (Å²) in [4.78, 5) is 8.08. The first-order chi connectivity index (χ1) is 7.72. The Balaban J connectivity index is 2.86. The number of hydrazine groups is 1. The predicted molar refractivity (Wildman–Crippen MR) is 63.4 cm³/mol. The van der Waals surface area contributed by atoms with Gasteiger partial charge in [0.15, 0.2) is 11.6 Å². The van der Waals surface area contributed by atoms with E-state index in [1.807, 2.05) is 6.92 Å². The minimum atomic E-state index is 0.156. The minimum absolute atomic E-state index is 0.156. The lowest BCUT2D eigenvalue weighted by molar-refractivity contribution is 0.289. The van der Waals surface area contributed by atoms with Gasteiger partial charge in [-0.15, -0.1) is 0 Å². The number of nitrogen functional groups attached to an aromatic ring is 1.